The van der Waals surface area contributed by atoms with Gasteiger partial charge in [-0.2, -0.15) is 0 Å². The molecule has 0 aliphatic heterocycles. The summed E-state index contributed by atoms with van der Waals surface area (Å²) in [5.74, 6) is -0.348. The summed E-state index contributed by atoms with van der Waals surface area (Å²) in [6.07, 6.45) is 1.39. The Kier molecular flexibility index (Phi) is 2.28. The average Bonchev–Trinajstić information content (AvgIpc) is 2.17. The van der Waals surface area contributed by atoms with Gasteiger partial charge in [-0.05, 0) is 24.4 Å². The fraction of sp³-hybridized carbons (Fsp3) is 0.182. The van der Waals surface area contributed by atoms with Gasteiger partial charge >= 0.3 is 0 Å². The van der Waals surface area contributed by atoms with Crippen LogP contribution in [0, 0.1) is 12.7 Å². The van der Waals surface area contributed by atoms with Crippen molar-refractivity contribution < 1.29 is 19.4 Å². The summed E-state index contributed by atoms with van der Waals surface area (Å²) in [7, 11) is 0. The Morgan fingerprint density at radius 3 is 2.80 bits per heavy atom. The third-order valence-electron chi connectivity index (χ3n) is 2.54. The fourth-order valence-corrected chi connectivity index (χ4v) is 1.71. The van der Waals surface area contributed by atoms with Gasteiger partial charge in [0.05, 0.1) is 5.39 Å². The highest BCUT2D eigenvalue weighted by Crippen LogP contribution is 2.19. The van der Waals surface area contributed by atoms with Crippen molar-refractivity contribution in [1.82, 2.24) is 0 Å². The molecule has 1 aromatic carbocycles. The number of aromatic nitrogens is 1. The van der Waals surface area contributed by atoms with Crippen molar-refractivity contribution in [2.24, 2.45) is 0 Å². The molecule has 0 aliphatic rings. The van der Waals surface area contributed by atoms with E-state index in [0.717, 1.165) is 15.7 Å². The molecule has 3 nitrogen and oxygen atoms in total. The number of aryl methyl sites for hydroxylation is 1. The lowest BCUT2D eigenvalue weighted by molar-refractivity contribution is -0.909. The van der Waals surface area contributed by atoms with E-state index in [1.165, 1.54) is 18.3 Å². The van der Waals surface area contributed by atoms with E-state index in [9.17, 15) is 9.60 Å². The number of benzene rings is 1. The van der Waals surface area contributed by atoms with Gasteiger partial charge in [0.2, 0.25) is 6.20 Å². The second kappa shape index (κ2) is 3.47. The smallest absolute Gasteiger partial charge is 0.262 e. The minimum absolute atomic E-state index is 0.254. The van der Waals surface area contributed by atoms with Gasteiger partial charge in [0.1, 0.15) is 12.4 Å². The number of fused-ring (bicyclic) bond motifs is 1. The van der Waals surface area contributed by atoms with E-state index >= 15 is 0 Å². The molecule has 0 bridgehead atoms. The molecule has 0 atom stereocenters. The van der Waals surface area contributed by atoms with Gasteiger partial charge in [-0.1, -0.05) is 6.07 Å². The summed E-state index contributed by atoms with van der Waals surface area (Å²) in [5.41, 5.74) is 1.16. The van der Waals surface area contributed by atoms with E-state index in [1.54, 1.807) is 13.0 Å². The number of hydrogen-bond acceptors (Lipinski definition) is 2. The van der Waals surface area contributed by atoms with Gasteiger partial charge in [-0.3, -0.25) is 5.21 Å². The molecule has 2 aromatic rings. The van der Waals surface area contributed by atoms with Gasteiger partial charge < -0.3 is 5.11 Å². The van der Waals surface area contributed by atoms with Crippen LogP contribution < -0.4 is 4.73 Å². The molecule has 0 unspecified atom stereocenters. The SMILES string of the molecule is Cc1c(CO)[n+](O)cc2cc(F)ccc12. The van der Waals surface area contributed by atoms with Crippen LogP contribution in [-0.4, -0.2) is 10.3 Å². The molecule has 1 aromatic heterocycles. The lowest BCUT2D eigenvalue weighted by atomic mass is 10.1. The van der Waals surface area contributed by atoms with Crippen molar-refractivity contribution >= 4 is 10.8 Å². The highest BCUT2D eigenvalue weighted by atomic mass is 19.1. The van der Waals surface area contributed by atoms with Crippen molar-refractivity contribution in [2.75, 3.05) is 0 Å². The summed E-state index contributed by atoms with van der Waals surface area (Å²) in [6.45, 7) is 1.52. The Morgan fingerprint density at radius 2 is 2.13 bits per heavy atom. The maximum absolute atomic E-state index is 12.9. The minimum atomic E-state index is -0.348. The van der Waals surface area contributed by atoms with Crippen molar-refractivity contribution in [3.05, 3.63) is 41.5 Å². The Hall–Kier alpha value is -1.68. The lowest BCUT2D eigenvalue weighted by Gasteiger charge is -2.02. The third kappa shape index (κ3) is 1.53. The molecule has 0 spiro atoms. The molecule has 0 radical (unpaired) electrons. The van der Waals surface area contributed by atoms with E-state index in [2.05, 4.69) is 0 Å². The number of aliphatic hydroxyl groups is 1. The second-order valence-corrected chi connectivity index (χ2v) is 3.44. The highest BCUT2D eigenvalue weighted by Gasteiger charge is 2.16. The number of rotatable bonds is 1. The number of hydrogen-bond donors (Lipinski definition) is 2. The molecular formula is C11H11FNO2+. The largest absolute Gasteiger partial charge is 0.385 e. The molecule has 0 saturated heterocycles. The maximum Gasteiger partial charge on any atom is 0.262 e. The molecule has 4 heteroatoms. The molecule has 1 heterocycles. The Morgan fingerprint density at radius 1 is 1.40 bits per heavy atom. The quantitative estimate of drug-likeness (QED) is 0.548. The Labute approximate surface area is 86.0 Å². The maximum atomic E-state index is 12.9. The van der Waals surface area contributed by atoms with E-state index in [4.69, 9.17) is 5.11 Å². The van der Waals surface area contributed by atoms with Crippen LogP contribution in [0.5, 0.6) is 0 Å². The van der Waals surface area contributed by atoms with Crippen LogP contribution >= 0.6 is 0 Å². The molecule has 2 rings (SSSR count). The average molecular weight is 208 g/mol. The molecular weight excluding hydrogens is 197 g/mol. The third-order valence-corrected chi connectivity index (χ3v) is 2.54. The van der Waals surface area contributed by atoms with Crippen LogP contribution in [0.4, 0.5) is 4.39 Å². The van der Waals surface area contributed by atoms with E-state index in [-0.39, 0.29) is 12.4 Å². The zero-order valence-electron chi connectivity index (χ0n) is 8.24. The standard InChI is InChI=1S/C11H11FNO2/c1-7-10-3-2-9(12)4-8(10)5-13(15)11(7)6-14/h2-5,14-15H,6H2,1H3/q+1. The Bertz CT molecular complexity index is 525. The zero-order chi connectivity index (χ0) is 11.0. The number of halogens is 1. The van der Waals surface area contributed by atoms with Crippen molar-refractivity contribution in [3.8, 4) is 0 Å². The normalized spacial score (nSPS) is 10.9. The summed E-state index contributed by atoms with van der Waals surface area (Å²) >= 11 is 0. The van der Waals surface area contributed by atoms with Crippen molar-refractivity contribution in [3.63, 3.8) is 0 Å². The van der Waals surface area contributed by atoms with Crippen LogP contribution in [0.2, 0.25) is 0 Å². The van der Waals surface area contributed by atoms with Crippen LogP contribution in [0.15, 0.2) is 24.4 Å². The topological polar surface area (TPSA) is 44.3 Å². The van der Waals surface area contributed by atoms with Crippen LogP contribution in [-0.2, 0) is 6.61 Å². The minimum Gasteiger partial charge on any atom is -0.385 e. The first-order chi connectivity index (χ1) is 7.13. The molecule has 0 aliphatic carbocycles. The fourth-order valence-electron chi connectivity index (χ4n) is 1.71. The zero-order valence-corrected chi connectivity index (χ0v) is 8.24. The summed E-state index contributed by atoms with van der Waals surface area (Å²) in [5, 5.41) is 20.0. The Balaban J connectivity index is 2.84. The number of nitrogens with zero attached hydrogens (tertiary/aromatic N) is 1. The summed E-state index contributed by atoms with van der Waals surface area (Å²) in [6, 6.07) is 4.34. The molecule has 0 amide bonds. The number of pyridine rings is 1. The van der Waals surface area contributed by atoms with E-state index < -0.39 is 0 Å². The lowest BCUT2D eigenvalue weighted by Crippen LogP contribution is -2.36. The first-order valence-corrected chi connectivity index (χ1v) is 4.57. The molecule has 0 fully saturated rings. The van der Waals surface area contributed by atoms with Crippen molar-refractivity contribution in [2.45, 2.75) is 13.5 Å². The van der Waals surface area contributed by atoms with Gasteiger partial charge in [0.15, 0.2) is 0 Å². The van der Waals surface area contributed by atoms with Gasteiger partial charge in [-0.15, -0.1) is 0 Å². The van der Waals surface area contributed by atoms with Crippen LogP contribution in [0.3, 0.4) is 0 Å². The molecule has 78 valence electrons. The molecule has 15 heavy (non-hydrogen) atoms. The monoisotopic (exact) mass is 208 g/mol. The number of aliphatic hydroxyl groups excluding tert-OH is 1. The van der Waals surface area contributed by atoms with Gasteiger partial charge in [0.25, 0.3) is 5.69 Å². The van der Waals surface area contributed by atoms with Crippen molar-refractivity contribution in [1.29, 1.82) is 0 Å². The first-order valence-electron chi connectivity index (χ1n) is 4.57. The summed E-state index contributed by atoms with van der Waals surface area (Å²) in [4.78, 5) is 0. The van der Waals surface area contributed by atoms with Gasteiger partial charge in [0, 0.05) is 10.3 Å². The van der Waals surface area contributed by atoms with E-state index in [1.807, 2.05) is 0 Å². The summed E-state index contributed by atoms with van der Waals surface area (Å²) < 4.78 is 13.8. The second-order valence-electron chi connectivity index (χ2n) is 3.44. The van der Waals surface area contributed by atoms with Crippen LogP contribution in [0.1, 0.15) is 11.3 Å². The first kappa shape index (κ1) is 9.86. The predicted molar refractivity (Wildman–Crippen MR) is 51.9 cm³/mol. The van der Waals surface area contributed by atoms with E-state index in [0.29, 0.717) is 11.1 Å². The highest BCUT2D eigenvalue weighted by molar-refractivity contribution is 5.84. The van der Waals surface area contributed by atoms with Gasteiger partial charge in [-0.25, -0.2) is 4.39 Å². The molecule has 0 saturated carbocycles. The molecule has 2 N–H and O–H groups in total. The predicted octanol–water partition coefficient (Wildman–Crippen LogP) is 1.30. The van der Waals surface area contributed by atoms with Crippen LogP contribution in [0.25, 0.3) is 10.8 Å².